The van der Waals surface area contributed by atoms with Crippen molar-refractivity contribution < 1.29 is 0 Å². The number of halogens is 3. The van der Waals surface area contributed by atoms with Gasteiger partial charge in [0.1, 0.15) is 5.82 Å². The first-order valence-electron chi connectivity index (χ1n) is 4.49. The molecule has 2 rings (SSSR count). The Balaban J connectivity index is 2.27. The molecule has 1 heterocycles. The molecular weight excluding hydrogens is 311 g/mol. The molecule has 82 valence electrons. The van der Waals surface area contributed by atoms with Crippen LogP contribution in [-0.4, -0.2) is 4.98 Å². The van der Waals surface area contributed by atoms with Gasteiger partial charge < -0.3 is 5.32 Å². The fourth-order valence-corrected chi connectivity index (χ4v) is 2.08. The number of aromatic nitrogens is 1. The molecule has 2 nitrogen and oxygen atoms in total. The molecule has 0 unspecified atom stereocenters. The fourth-order valence-electron chi connectivity index (χ4n) is 1.21. The highest BCUT2D eigenvalue weighted by Gasteiger charge is 2.03. The van der Waals surface area contributed by atoms with Crippen molar-refractivity contribution in [3.8, 4) is 0 Å². The molecule has 0 saturated heterocycles. The number of hydrogen-bond acceptors (Lipinski definition) is 2. The zero-order valence-corrected chi connectivity index (χ0v) is 11.1. The Morgan fingerprint density at radius 1 is 1.19 bits per heavy atom. The van der Waals surface area contributed by atoms with Gasteiger partial charge >= 0.3 is 0 Å². The summed E-state index contributed by atoms with van der Waals surface area (Å²) in [6, 6.07) is 9.15. The highest BCUT2D eigenvalue weighted by atomic mass is 79.9. The highest BCUT2D eigenvalue weighted by molar-refractivity contribution is 9.10. The van der Waals surface area contributed by atoms with Crippen molar-refractivity contribution >= 4 is 50.6 Å². The normalized spacial score (nSPS) is 10.2. The number of anilines is 2. The Morgan fingerprint density at radius 3 is 2.69 bits per heavy atom. The summed E-state index contributed by atoms with van der Waals surface area (Å²) in [6.07, 6.45) is 1.68. The van der Waals surface area contributed by atoms with Crippen LogP contribution in [-0.2, 0) is 0 Å². The van der Waals surface area contributed by atoms with E-state index in [9.17, 15) is 0 Å². The number of hydrogen-bond donors (Lipinski definition) is 1. The molecule has 1 aromatic carbocycles. The van der Waals surface area contributed by atoms with Crippen molar-refractivity contribution in [2.75, 3.05) is 5.32 Å². The molecule has 5 heteroatoms. The van der Waals surface area contributed by atoms with Crippen LogP contribution in [0.3, 0.4) is 0 Å². The van der Waals surface area contributed by atoms with E-state index in [1.54, 1.807) is 12.3 Å². The van der Waals surface area contributed by atoms with Crippen LogP contribution in [0.25, 0.3) is 0 Å². The molecule has 2 aromatic rings. The SMILES string of the molecule is Clc1cccc(Nc2ncc(Br)cc2Cl)c1. The van der Waals surface area contributed by atoms with Crippen LogP contribution in [0.4, 0.5) is 11.5 Å². The molecule has 0 fully saturated rings. The molecule has 0 aliphatic rings. The largest absolute Gasteiger partial charge is 0.339 e. The molecule has 0 amide bonds. The Bertz CT molecular complexity index is 517. The van der Waals surface area contributed by atoms with E-state index in [2.05, 4.69) is 26.2 Å². The van der Waals surface area contributed by atoms with Gasteiger partial charge in [-0.3, -0.25) is 0 Å². The van der Waals surface area contributed by atoms with Crippen LogP contribution in [0.1, 0.15) is 0 Å². The number of benzene rings is 1. The smallest absolute Gasteiger partial charge is 0.149 e. The van der Waals surface area contributed by atoms with Crippen LogP contribution in [0.15, 0.2) is 41.0 Å². The van der Waals surface area contributed by atoms with Crippen molar-refractivity contribution in [1.82, 2.24) is 4.98 Å². The molecule has 0 spiro atoms. The minimum atomic E-state index is 0.550. The van der Waals surface area contributed by atoms with E-state index >= 15 is 0 Å². The minimum Gasteiger partial charge on any atom is -0.339 e. The van der Waals surface area contributed by atoms with Gasteiger partial charge in [-0.05, 0) is 40.2 Å². The van der Waals surface area contributed by atoms with Crippen LogP contribution in [0.2, 0.25) is 10.0 Å². The molecular formula is C11H7BrCl2N2. The van der Waals surface area contributed by atoms with Gasteiger partial charge in [0.2, 0.25) is 0 Å². The van der Waals surface area contributed by atoms with E-state index in [4.69, 9.17) is 23.2 Å². The standard InChI is InChI=1S/C11H7BrCl2N2/c12-7-4-10(14)11(15-6-7)16-9-3-1-2-8(13)5-9/h1-6H,(H,15,16). The summed E-state index contributed by atoms with van der Waals surface area (Å²) in [5.41, 5.74) is 0.851. The van der Waals surface area contributed by atoms with Crippen LogP contribution in [0, 0.1) is 0 Å². The van der Waals surface area contributed by atoms with E-state index in [-0.39, 0.29) is 0 Å². The average molecular weight is 318 g/mol. The predicted octanol–water partition coefficient (Wildman–Crippen LogP) is 4.89. The molecule has 16 heavy (non-hydrogen) atoms. The first kappa shape index (κ1) is 11.7. The lowest BCUT2D eigenvalue weighted by molar-refractivity contribution is 1.29. The summed E-state index contributed by atoms with van der Waals surface area (Å²) in [4.78, 5) is 4.17. The summed E-state index contributed by atoms with van der Waals surface area (Å²) < 4.78 is 0.842. The maximum Gasteiger partial charge on any atom is 0.149 e. The molecule has 0 bridgehead atoms. The third kappa shape index (κ3) is 2.88. The monoisotopic (exact) mass is 316 g/mol. The van der Waals surface area contributed by atoms with Gasteiger partial charge in [0.15, 0.2) is 0 Å². The second-order valence-electron chi connectivity index (χ2n) is 3.12. The van der Waals surface area contributed by atoms with Crippen molar-refractivity contribution in [2.45, 2.75) is 0 Å². The number of nitrogens with zero attached hydrogens (tertiary/aromatic N) is 1. The van der Waals surface area contributed by atoms with Gasteiger partial charge in [-0.15, -0.1) is 0 Å². The van der Waals surface area contributed by atoms with Gasteiger partial charge in [0.25, 0.3) is 0 Å². The second-order valence-corrected chi connectivity index (χ2v) is 4.88. The zero-order valence-electron chi connectivity index (χ0n) is 8.05. The number of nitrogens with one attached hydrogen (secondary N) is 1. The maximum absolute atomic E-state index is 6.03. The molecule has 0 saturated carbocycles. The van der Waals surface area contributed by atoms with E-state index in [1.165, 1.54) is 0 Å². The molecule has 0 aliphatic carbocycles. The van der Waals surface area contributed by atoms with Crippen molar-refractivity contribution in [1.29, 1.82) is 0 Å². The molecule has 0 atom stereocenters. The Hall–Kier alpha value is -0.770. The van der Waals surface area contributed by atoms with Crippen LogP contribution >= 0.6 is 39.1 Å². The van der Waals surface area contributed by atoms with Gasteiger partial charge in [0.05, 0.1) is 5.02 Å². The molecule has 1 aromatic heterocycles. The molecule has 0 radical (unpaired) electrons. The third-order valence-electron chi connectivity index (χ3n) is 1.90. The van der Waals surface area contributed by atoms with Gasteiger partial charge in [-0.1, -0.05) is 29.3 Å². The minimum absolute atomic E-state index is 0.550. The van der Waals surface area contributed by atoms with Gasteiger partial charge in [-0.2, -0.15) is 0 Å². The van der Waals surface area contributed by atoms with E-state index in [0.717, 1.165) is 10.2 Å². The highest BCUT2D eigenvalue weighted by Crippen LogP contribution is 2.26. The van der Waals surface area contributed by atoms with Crippen molar-refractivity contribution in [3.05, 3.63) is 51.0 Å². The first-order valence-corrected chi connectivity index (χ1v) is 6.04. The summed E-state index contributed by atoms with van der Waals surface area (Å²) in [6.45, 7) is 0. The lowest BCUT2D eigenvalue weighted by Crippen LogP contribution is -1.94. The number of rotatable bonds is 2. The molecule has 1 N–H and O–H groups in total. The Kier molecular flexibility index (Phi) is 3.69. The Labute approximate surface area is 112 Å². The maximum atomic E-state index is 6.03. The Morgan fingerprint density at radius 2 is 2.00 bits per heavy atom. The number of pyridine rings is 1. The second kappa shape index (κ2) is 5.04. The predicted molar refractivity (Wildman–Crippen MR) is 71.7 cm³/mol. The molecule has 0 aliphatic heterocycles. The van der Waals surface area contributed by atoms with Gasteiger partial charge in [0, 0.05) is 21.4 Å². The summed E-state index contributed by atoms with van der Waals surface area (Å²) in [7, 11) is 0. The third-order valence-corrected chi connectivity index (χ3v) is 2.85. The fraction of sp³-hybridized carbons (Fsp3) is 0. The lowest BCUT2D eigenvalue weighted by Gasteiger charge is -2.07. The van der Waals surface area contributed by atoms with Crippen LogP contribution in [0.5, 0.6) is 0 Å². The van der Waals surface area contributed by atoms with Gasteiger partial charge in [-0.25, -0.2) is 4.98 Å². The van der Waals surface area contributed by atoms with Crippen molar-refractivity contribution in [3.63, 3.8) is 0 Å². The lowest BCUT2D eigenvalue weighted by atomic mass is 10.3. The topological polar surface area (TPSA) is 24.9 Å². The van der Waals surface area contributed by atoms with E-state index in [0.29, 0.717) is 15.9 Å². The zero-order chi connectivity index (χ0) is 11.5. The quantitative estimate of drug-likeness (QED) is 0.852. The van der Waals surface area contributed by atoms with Crippen molar-refractivity contribution in [2.24, 2.45) is 0 Å². The first-order chi connectivity index (χ1) is 7.65. The van der Waals surface area contributed by atoms with Crippen LogP contribution < -0.4 is 5.32 Å². The summed E-state index contributed by atoms with van der Waals surface area (Å²) in [5, 5.41) is 4.31. The van der Waals surface area contributed by atoms with E-state index < -0.39 is 0 Å². The van der Waals surface area contributed by atoms with E-state index in [1.807, 2.05) is 24.3 Å². The summed E-state index contributed by atoms with van der Waals surface area (Å²) in [5.74, 6) is 0.604. The summed E-state index contributed by atoms with van der Waals surface area (Å²) >= 11 is 15.2. The average Bonchev–Trinajstić information content (AvgIpc) is 2.22.